The smallest absolute Gasteiger partial charge is 0.252 e. The summed E-state index contributed by atoms with van der Waals surface area (Å²) in [7, 11) is 0. The van der Waals surface area contributed by atoms with Gasteiger partial charge < -0.3 is 10.2 Å². The van der Waals surface area contributed by atoms with Gasteiger partial charge in [0.25, 0.3) is 5.91 Å². The van der Waals surface area contributed by atoms with E-state index in [1.165, 1.54) is 16.6 Å². The largest absolute Gasteiger partial charge is 0.352 e. The van der Waals surface area contributed by atoms with Gasteiger partial charge in [-0.3, -0.25) is 14.5 Å². The van der Waals surface area contributed by atoms with Crippen molar-refractivity contribution in [2.75, 3.05) is 38.5 Å². The van der Waals surface area contributed by atoms with Crippen LogP contribution >= 0.6 is 23.1 Å². The Morgan fingerprint density at radius 1 is 1.03 bits per heavy atom. The highest BCUT2D eigenvalue weighted by Crippen LogP contribution is 2.24. The summed E-state index contributed by atoms with van der Waals surface area (Å²) in [6.45, 7) is 5.67. The SMILES string of the molecule is O=C(NCC1CCN(Cc2cccs2)CC1)c1ccccc1SCC(=O)N1CCCC1. The molecule has 0 atom stereocenters. The van der Waals surface area contributed by atoms with E-state index in [0.29, 0.717) is 17.2 Å². The molecule has 1 aromatic heterocycles. The summed E-state index contributed by atoms with van der Waals surface area (Å²) in [4.78, 5) is 32.0. The summed E-state index contributed by atoms with van der Waals surface area (Å²) < 4.78 is 0. The van der Waals surface area contributed by atoms with Crippen LogP contribution < -0.4 is 5.32 Å². The van der Waals surface area contributed by atoms with E-state index >= 15 is 0 Å². The van der Waals surface area contributed by atoms with Crippen molar-refractivity contribution in [1.29, 1.82) is 0 Å². The van der Waals surface area contributed by atoms with Crippen LogP contribution in [0.1, 0.15) is 40.9 Å². The molecule has 0 saturated carbocycles. The Balaban J connectivity index is 1.23. The van der Waals surface area contributed by atoms with Crippen LogP contribution in [-0.4, -0.2) is 60.1 Å². The van der Waals surface area contributed by atoms with Gasteiger partial charge in [0, 0.05) is 36.0 Å². The molecule has 31 heavy (non-hydrogen) atoms. The molecular weight excluding hydrogens is 426 g/mol. The van der Waals surface area contributed by atoms with Crippen LogP contribution in [0.5, 0.6) is 0 Å². The third kappa shape index (κ3) is 6.34. The van der Waals surface area contributed by atoms with Crippen LogP contribution in [0.4, 0.5) is 0 Å². The van der Waals surface area contributed by atoms with Crippen LogP contribution in [0, 0.1) is 5.92 Å². The van der Waals surface area contributed by atoms with Crippen molar-refractivity contribution in [2.24, 2.45) is 5.92 Å². The molecule has 0 radical (unpaired) electrons. The van der Waals surface area contributed by atoms with Gasteiger partial charge in [0.15, 0.2) is 0 Å². The number of nitrogens with zero attached hydrogens (tertiary/aromatic N) is 2. The molecule has 3 heterocycles. The first-order valence-corrected chi connectivity index (χ1v) is 13.1. The number of nitrogens with one attached hydrogen (secondary N) is 1. The molecule has 0 spiro atoms. The van der Waals surface area contributed by atoms with Gasteiger partial charge in [-0.1, -0.05) is 18.2 Å². The average Bonchev–Trinajstić information content (AvgIpc) is 3.51. The van der Waals surface area contributed by atoms with Gasteiger partial charge in [0.1, 0.15) is 0 Å². The molecule has 0 bridgehead atoms. The molecular formula is C24H31N3O2S2. The quantitative estimate of drug-likeness (QED) is 0.607. The summed E-state index contributed by atoms with van der Waals surface area (Å²) in [6.07, 6.45) is 4.43. The second-order valence-electron chi connectivity index (χ2n) is 8.38. The Kier molecular flexibility index (Phi) is 8.05. The fourth-order valence-corrected chi connectivity index (χ4v) is 5.98. The molecule has 2 aliphatic rings. The number of rotatable bonds is 8. The Labute approximate surface area is 193 Å². The number of likely N-dealkylation sites (tertiary alicyclic amines) is 2. The molecule has 4 rings (SSSR count). The van der Waals surface area contributed by atoms with Gasteiger partial charge in [0.05, 0.1) is 11.3 Å². The minimum absolute atomic E-state index is 0.0299. The normalized spacial score (nSPS) is 17.7. The highest BCUT2D eigenvalue weighted by Gasteiger charge is 2.22. The fraction of sp³-hybridized carbons (Fsp3) is 0.500. The van der Waals surface area contributed by atoms with Crippen molar-refractivity contribution in [3.63, 3.8) is 0 Å². The van der Waals surface area contributed by atoms with Crippen LogP contribution in [0.3, 0.4) is 0 Å². The lowest BCUT2D eigenvalue weighted by molar-refractivity contribution is -0.127. The van der Waals surface area contributed by atoms with Crippen molar-refractivity contribution in [2.45, 2.75) is 37.1 Å². The summed E-state index contributed by atoms with van der Waals surface area (Å²) in [6, 6.07) is 11.9. The number of hydrogen-bond donors (Lipinski definition) is 1. The maximum absolute atomic E-state index is 12.9. The Bertz CT molecular complexity index is 857. The summed E-state index contributed by atoms with van der Waals surface area (Å²) >= 11 is 3.29. The lowest BCUT2D eigenvalue weighted by atomic mass is 9.96. The van der Waals surface area contributed by atoms with Crippen LogP contribution in [-0.2, 0) is 11.3 Å². The lowest BCUT2D eigenvalue weighted by Crippen LogP contribution is -2.38. The number of carbonyl (C=O) groups is 2. The number of piperidine rings is 1. The second kappa shape index (κ2) is 11.2. The van der Waals surface area contributed by atoms with Crippen LogP contribution in [0.25, 0.3) is 0 Å². The highest BCUT2D eigenvalue weighted by atomic mass is 32.2. The topological polar surface area (TPSA) is 52.7 Å². The first kappa shape index (κ1) is 22.4. The molecule has 2 aromatic rings. The van der Waals surface area contributed by atoms with Crippen molar-refractivity contribution in [3.05, 3.63) is 52.2 Å². The van der Waals surface area contributed by atoms with Crippen LogP contribution in [0.15, 0.2) is 46.7 Å². The van der Waals surface area contributed by atoms with E-state index in [-0.39, 0.29) is 11.8 Å². The third-order valence-electron chi connectivity index (χ3n) is 6.16. The summed E-state index contributed by atoms with van der Waals surface area (Å²) in [5, 5.41) is 5.28. The summed E-state index contributed by atoms with van der Waals surface area (Å²) in [5.41, 5.74) is 0.678. The van der Waals surface area contributed by atoms with Crippen molar-refractivity contribution < 1.29 is 9.59 Å². The molecule has 1 N–H and O–H groups in total. The van der Waals surface area contributed by atoms with E-state index in [1.807, 2.05) is 40.5 Å². The number of amides is 2. The molecule has 7 heteroatoms. The third-order valence-corrected chi connectivity index (χ3v) is 8.08. The lowest BCUT2D eigenvalue weighted by Gasteiger charge is -2.31. The maximum atomic E-state index is 12.9. The van der Waals surface area contributed by atoms with E-state index in [1.54, 1.807) is 0 Å². The zero-order valence-electron chi connectivity index (χ0n) is 17.9. The predicted molar refractivity (Wildman–Crippen MR) is 128 cm³/mol. The zero-order valence-corrected chi connectivity index (χ0v) is 19.6. The molecule has 2 fully saturated rings. The van der Waals surface area contributed by atoms with Gasteiger partial charge in [0.2, 0.25) is 5.91 Å². The first-order valence-electron chi connectivity index (χ1n) is 11.2. The molecule has 2 saturated heterocycles. The van der Waals surface area contributed by atoms with Crippen LogP contribution in [0.2, 0.25) is 0 Å². The van der Waals surface area contributed by atoms with Crippen molar-refractivity contribution >= 4 is 34.9 Å². The molecule has 166 valence electrons. The molecule has 5 nitrogen and oxygen atoms in total. The summed E-state index contributed by atoms with van der Waals surface area (Å²) in [5.74, 6) is 1.07. The Morgan fingerprint density at radius 2 is 1.81 bits per heavy atom. The highest BCUT2D eigenvalue weighted by molar-refractivity contribution is 8.00. The number of thioether (sulfide) groups is 1. The van der Waals surface area contributed by atoms with E-state index in [9.17, 15) is 9.59 Å². The van der Waals surface area contributed by atoms with E-state index in [0.717, 1.165) is 69.8 Å². The fourth-order valence-electron chi connectivity index (χ4n) is 4.28. The number of carbonyl (C=O) groups excluding carboxylic acids is 2. The van der Waals surface area contributed by atoms with Crippen molar-refractivity contribution in [3.8, 4) is 0 Å². The van der Waals surface area contributed by atoms with Gasteiger partial charge >= 0.3 is 0 Å². The minimum Gasteiger partial charge on any atom is -0.352 e. The van der Waals surface area contributed by atoms with E-state index in [4.69, 9.17) is 0 Å². The standard InChI is InChI=1S/C24H31N3O2S2/c28-23(27-11-3-4-12-27)18-31-22-8-2-1-7-21(22)24(29)25-16-19-9-13-26(14-10-19)17-20-6-5-15-30-20/h1-2,5-8,15,19H,3-4,9-14,16-18H2,(H,25,29). The molecule has 2 aliphatic heterocycles. The van der Waals surface area contributed by atoms with Gasteiger partial charge in [-0.05, 0) is 68.3 Å². The van der Waals surface area contributed by atoms with Crippen molar-refractivity contribution in [1.82, 2.24) is 15.1 Å². The minimum atomic E-state index is -0.0299. The number of thiophene rings is 1. The maximum Gasteiger partial charge on any atom is 0.252 e. The Morgan fingerprint density at radius 3 is 2.55 bits per heavy atom. The molecule has 1 aromatic carbocycles. The van der Waals surface area contributed by atoms with Gasteiger partial charge in [-0.25, -0.2) is 0 Å². The van der Waals surface area contributed by atoms with Gasteiger partial charge in [-0.15, -0.1) is 23.1 Å². The molecule has 0 unspecified atom stereocenters. The first-order chi connectivity index (χ1) is 15.2. The van der Waals surface area contributed by atoms with E-state index < -0.39 is 0 Å². The number of benzene rings is 1. The second-order valence-corrected chi connectivity index (χ2v) is 10.4. The molecule has 0 aliphatic carbocycles. The predicted octanol–water partition coefficient (Wildman–Crippen LogP) is 4.10. The Hall–Kier alpha value is -1.83. The monoisotopic (exact) mass is 457 g/mol. The van der Waals surface area contributed by atoms with Gasteiger partial charge in [-0.2, -0.15) is 0 Å². The van der Waals surface area contributed by atoms with E-state index in [2.05, 4.69) is 27.7 Å². The average molecular weight is 458 g/mol. The molecule has 2 amide bonds. The number of hydrogen-bond acceptors (Lipinski definition) is 5. The zero-order chi connectivity index (χ0) is 21.5.